The van der Waals surface area contributed by atoms with Crippen molar-refractivity contribution in [2.75, 3.05) is 20.1 Å². The molecule has 2 rings (SSSR count). The van der Waals surface area contributed by atoms with Crippen LogP contribution in [0.2, 0.25) is 0 Å². The zero-order valence-electron chi connectivity index (χ0n) is 9.84. The molecule has 0 amide bonds. The number of rotatable bonds is 2. The van der Waals surface area contributed by atoms with E-state index in [1.165, 1.54) is 38.8 Å². The van der Waals surface area contributed by atoms with Crippen molar-refractivity contribution in [1.82, 2.24) is 10.2 Å². The Bertz CT molecular complexity index is 194. The summed E-state index contributed by atoms with van der Waals surface area (Å²) in [5.41, 5.74) is 0.575. The van der Waals surface area contributed by atoms with Gasteiger partial charge >= 0.3 is 0 Å². The van der Waals surface area contributed by atoms with Crippen molar-refractivity contribution in [3.63, 3.8) is 0 Å². The fraction of sp³-hybridized carbons (Fsp3) is 1.00. The Kier molecular flexibility index (Phi) is 2.85. The summed E-state index contributed by atoms with van der Waals surface area (Å²) in [7, 11) is 2.20. The van der Waals surface area contributed by atoms with Crippen LogP contribution in [0.25, 0.3) is 0 Å². The van der Waals surface area contributed by atoms with E-state index in [0.717, 1.165) is 12.1 Å². The fourth-order valence-corrected chi connectivity index (χ4v) is 2.98. The molecule has 2 aliphatic rings. The average Bonchev–Trinajstić information content (AvgIpc) is 1.99. The highest BCUT2D eigenvalue weighted by Gasteiger charge is 2.31. The second-order valence-corrected chi connectivity index (χ2v) is 6.04. The van der Waals surface area contributed by atoms with E-state index in [2.05, 4.69) is 31.1 Å². The number of hydrogen-bond donors (Lipinski definition) is 1. The number of likely N-dealkylation sites (tertiary alicyclic amines) is 1. The van der Waals surface area contributed by atoms with Crippen molar-refractivity contribution in [2.24, 2.45) is 5.41 Å². The van der Waals surface area contributed by atoms with Gasteiger partial charge in [-0.2, -0.15) is 0 Å². The molecule has 1 heterocycles. The van der Waals surface area contributed by atoms with Gasteiger partial charge in [-0.05, 0) is 31.7 Å². The molecule has 2 heteroatoms. The highest BCUT2D eigenvalue weighted by Crippen LogP contribution is 2.35. The highest BCUT2D eigenvalue weighted by atomic mass is 15.2. The van der Waals surface area contributed by atoms with Crippen LogP contribution in [0.1, 0.15) is 39.5 Å². The third kappa shape index (κ3) is 2.48. The van der Waals surface area contributed by atoms with Gasteiger partial charge in [-0.1, -0.05) is 20.3 Å². The Morgan fingerprint density at radius 1 is 1.21 bits per heavy atom. The zero-order valence-corrected chi connectivity index (χ0v) is 9.84. The molecular formula is C12H24N2. The number of nitrogens with one attached hydrogen (secondary N) is 1. The lowest BCUT2D eigenvalue weighted by atomic mass is 9.75. The summed E-state index contributed by atoms with van der Waals surface area (Å²) in [5, 5.41) is 3.80. The van der Waals surface area contributed by atoms with E-state index in [4.69, 9.17) is 0 Å². The summed E-state index contributed by atoms with van der Waals surface area (Å²) >= 11 is 0. The third-order valence-corrected chi connectivity index (χ3v) is 3.74. The molecule has 82 valence electrons. The molecule has 0 aromatic heterocycles. The molecule has 0 spiro atoms. The van der Waals surface area contributed by atoms with Crippen molar-refractivity contribution in [2.45, 2.75) is 51.6 Å². The van der Waals surface area contributed by atoms with Gasteiger partial charge in [-0.3, -0.25) is 0 Å². The molecule has 2 nitrogen and oxygen atoms in total. The van der Waals surface area contributed by atoms with Crippen LogP contribution in [0, 0.1) is 5.41 Å². The van der Waals surface area contributed by atoms with E-state index in [0.29, 0.717) is 5.41 Å². The average molecular weight is 196 g/mol. The molecule has 1 atom stereocenters. The summed E-state index contributed by atoms with van der Waals surface area (Å²) in [5.74, 6) is 0. The van der Waals surface area contributed by atoms with Gasteiger partial charge in [0.25, 0.3) is 0 Å². The van der Waals surface area contributed by atoms with Crippen LogP contribution < -0.4 is 5.32 Å². The number of hydrogen-bond acceptors (Lipinski definition) is 2. The van der Waals surface area contributed by atoms with Gasteiger partial charge in [0.2, 0.25) is 0 Å². The van der Waals surface area contributed by atoms with E-state index in [9.17, 15) is 0 Å². The minimum atomic E-state index is 0.575. The lowest BCUT2D eigenvalue weighted by molar-refractivity contribution is 0.120. The second-order valence-electron chi connectivity index (χ2n) is 6.04. The van der Waals surface area contributed by atoms with Crippen LogP contribution in [0.5, 0.6) is 0 Å². The summed E-state index contributed by atoms with van der Waals surface area (Å²) < 4.78 is 0. The molecule has 0 radical (unpaired) electrons. The Balaban J connectivity index is 1.75. The summed E-state index contributed by atoms with van der Waals surface area (Å²) in [6.45, 7) is 7.31. The molecule has 1 unspecified atom stereocenters. The standard InChI is InChI=1S/C12H24N2/c1-12(2)6-4-5-10(7-12)13-11-8-14(3)9-11/h10-11,13H,4-9H2,1-3H3. The number of nitrogens with zero attached hydrogens (tertiary/aromatic N) is 1. The maximum Gasteiger partial charge on any atom is 0.0324 e. The van der Waals surface area contributed by atoms with Crippen LogP contribution >= 0.6 is 0 Å². The van der Waals surface area contributed by atoms with Gasteiger partial charge in [0.1, 0.15) is 0 Å². The van der Waals surface area contributed by atoms with Gasteiger partial charge in [0, 0.05) is 25.2 Å². The zero-order chi connectivity index (χ0) is 10.2. The van der Waals surface area contributed by atoms with E-state index >= 15 is 0 Å². The maximum atomic E-state index is 3.80. The van der Waals surface area contributed by atoms with Crippen molar-refractivity contribution >= 4 is 0 Å². The monoisotopic (exact) mass is 196 g/mol. The first-order chi connectivity index (χ1) is 6.55. The first-order valence-electron chi connectivity index (χ1n) is 6.00. The topological polar surface area (TPSA) is 15.3 Å². The highest BCUT2D eigenvalue weighted by molar-refractivity contribution is 4.90. The van der Waals surface area contributed by atoms with Crippen molar-refractivity contribution < 1.29 is 0 Å². The summed E-state index contributed by atoms with van der Waals surface area (Å²) in [6.07, 6.45) is 5.58. The lowest BCUT2D eigenvalue weighted by Gasteiger charge is -2.43. The van der Waals surface area contributed by atoms with E-state index in [1.54, 1.807) is 0 Å². The van der Waals surface area contributed by atoms with Crippen LogP contribution in [0.4, 0.5) is 0 Å². The van der Waals surface area contributed by atoms with Crippen LogP contribution in [0.3, 0.4) is 0 Å². The van der Waals surface area contributed by atoms with Crippen molar-refractivity contribution in [3.05, 3.63) is 0 Å². The molecule has 0 aromatic rings. The smallest absolute Gasteiger partial charge is 0.0324 e. The minimum Gasteiger partial charge on any atom is -0.309 e. The van der Waals surface area contributed by atoms with E-state index in [-0.39, 0.29) is 0 Å². The molecule has 1 saturated carbocycles. The molecule has 1 N–H and O–H groups in total. The lowest BCUT2D eigenvalue weighted by Crippen LogP contribution is -2.59. The number of likely N-dealkylation sites (N-methyl/N-ethyl adjacent to an activating group) is 1. The summed E-state index contributed by atoms with van der Waals surface area (Å²) in [6, 6.07) is 1.57. The molecule has 2 fully saturated rings. The SMILES string of the molecule is CN1CC(NC2CCCC(C)(C)C2)C1. The van der Waals surface area contributed by atoms with E-state index < -0.39 is 0 Å². The molecule has 1 saturated heterocycles. The third-order valence-electron chi connectivity index (χ3n) is 3.74. The Hall–Kier alpha value is -0.0800. The molecule has 0 aromatic carbocycles. The predicted molar refractivity (Wildman–Crippen MR) is 60.5 cm³/mol. The van der Waals surface area contributed by atoms with Crippen molar-refractivity contribution in [1.29, 1.82) is 0 Å². The van der Waals surface area contributed by atoms with Gasteiger partial charge in [-0.25, -0.2) is 0 Å². The molecular weight excluding hydrogens is 172 g/mol. The van der Waals surface area contributed by atoms with Crippen LogP contribution in [-0.4, -0.2) is 37.1 Å². The van der Waals surface area contributed by atoms with Gasteiger partial charge < -0.3 is 10.2 Å². The van der Waals surface area contributed by atoms with Gasteiger partial charge in [0.15, 0.2) is 0 Å². The largest absolute Gasteiger partial charge is 0.309 e. The first kappa shape index (κ1) is 10.4. The Labute approximate surface area is 88.1 Å². The van der Waals surface area contributed by atoms with E-state index in [1.807, 2.05) is 0 Å². The van der Waals surface area contributed by atoms with Gasteiger partial charge in [-0.15, -0.1) is 0 Å². The quantitative estimate of drug-likeness (QED) is 0.725. The summed E-state index contributed by atoms with van der Waals surface area (Å²) in [4.78, 5) is 2.38. The molecule has 1 aliphatic carbocycles. The Morgan fingerprint density at radius 2 is 1.93 bits per heavy atom. The molecule has 1 aliphatic heterocycles. The van der Waals surface area contributed by atoms with Crippen LogP contribution in [-0.2, 0) is 0 Å². The maximum absolute atomic E-state index is 3.80. The normalized spacial score (nSPS) is 34.1. The van der Waals surface area contributed by atoms with Gasteiger partial charge in [0.05, 0.1) is 0 Å². The molecule has 0 bridgehead atoms. The minimum absolute atomic E-state index is 0.575. The second kappa shape index (κ2) is 3.82. The Morgan fingerprint density at radius 3 is 2.50 bits per heavy atom. The van der Waals surface area contributed by atoms with Crippen LogP contribution in [0.15, 0.2) is 0 Å². The van der Waals surface area contributed by atoms with Crippen molar-refractivity contribution in [3.8, 4) is 0 Å². The first-order valence-corrected chi connectivity index (χ1v) is 6.00. The molecule has 14 heavy (non-hydrogen) atoms. The fourth-order valence-electron chi connectivity index (χ4n) is 2.98. The predicted octanol–water partition coefficient (Wildman–Crippen LogP) is 1.86.